The molecule has 2 aromatic carbocycles. The Bertz CT molecular complexity index is 688. The summed E-state index contributed by atoms with van der Waals surface area (Å²) < 4.78 is 0. The van der Waals surface area contributed by atoms with E-state index in [-0.39, 0.29) is 40.4 Å². The number of phenolic OH excluding ortho intramolecular Hbond substituents is 3. The molecule has 0 aromatic heterocycles. The maximum Gasteiger partial charge on any atom is 0.154 e. The van der Waals surface area contributed by atoms with E-state index in [1.807, 2.05) is 0 Å². The number of ketones is 1. The third-order valence-corrected chi connectivity index (χ3v) is 2.86. The first-order chi connectivity index (χ1) is 8.93. The molecule has 19 heavy (non-hydrogen) atoms. The molecule has 2 aromatic rings. The Labute approximate surface area is 108 Å². The molecule has 0 spiro atoms. The van der Waals surface area contributed by atoms with E-state index in [4.69, 9.17) is 0 Å². The van der Waals surface area contributed by atoms with Crippen molar-refractivity contribution in [3.05, 3.63) is 29.3 Å². The minimum Gasteiger partial charge on any atom is -0.508 e. The van der Waals surface area contributed by atoms with E-state index < -0.39 is 0 Å². The summed E-state index contributed by atoms with van der Waals surface area (Å²) >= 11 is 0. The minimum atomic E-state index is -0.388. The molecule has 0 fully saturated rings. The first-order valence-corrected chi connectivity index (χ1v) is 5.59. The number of hydrogen-bond donors (Lipinski definition) is 3. The number of aromatic hydroxyl groups is 3. The number of hydrogen-bond acceptors (Lipinski definition) is 5. The Kier molecular flexibility index (Phi) is 3.12. The first-order valence-electron chi connectivity index (χ1n) is 5.59. The van der Waals surface area contributed by atoms with E-state index >= 15 is 0 Å². The van der Waals surface area contributed by atoms with Crippen LogP contribution in [-0.2, 0) is 11.2 Å². The van der Waals surface area contributed by atoms with Gasteiger partial charge in [-0.25, -0.2) is 0 Å². The monoisotopic (exact) mass is 260 g/mol. The van der Waals surface area contributed by atoms with Gasteiger partial charge in [0.25, 0.3) is 0 Å². The Balaban J connectivity index is 2.85. The third-order valence-electron chi connectivity index (χ3n) is 2.86. The fourth-order valence-electron chi connectivity index (χ4n) is 2.10. The van der Waals surface area contributed by atoms with Crippen molar-refractivity contribution >= 4 is 22.8 Å². The Morgan fingerprint density at radius 2 is 1.89 bits per heavy atom. The molecule has 0 aliphatic rings. The maximum absolute atomic E-state index is 11.2. The summed E-state index contributed by atoms with van der Waals surface area (Å²) in [6.45, 7) is 1.37. The number of phenols is 3. The lowest BCUT2D eigenvalue weighted by atomic mass is 9.96. The van der Waals surface area contributed by atoms with Crippen LogP contribution in [0.2, 0.25) is 0 Å². The quantitative estimate of drug-likeness (QED) is 0.732. The molecule has 0 saturated heterocycles. The van der Waals surface area contributed by atoms with E-state index in [2.05, 4.69) is 0 Å². The number of fused-ring (bicyclic) bond motifs is 1. The van der Waals surface area contributed by atoms with Gasteiger partial charge in [0.15, 0.2) is 6.29 Å². The molecule has 0 radical (unpaired) electrons. The van der Waals surface area contributed by atoms with Crippen LogP contribution in [0.5, 0.6) is 17.2 Å². The van der Waals surface area contributed by atoms with Crippen molar-refractivity contribution in [1.82, 2.24) is 0 Å². The van der Waals surface area contributed by atoms with Gasteiger partial charge in [-0.1, -0.05) is 0 Å². The summed E-state index contributed by atoms with van der Waals surface area (Å²) in [5.74, 6) is -1.05. The van der Waals surface area contributed by atoms with E-state index in [0.29, 0.717) is 17.2 Å². The first kappa shape index (κ1) is 12.9. The minimum absolute atomic E-state index is 0.00596. The Morgan fingerprint density at radius 1 is 1.21 bits per heavy atom. The molecule has 0 bridgehead atoms. The van der Waals surface area contributed by atoms with Crippen molar-refractivity contribution in [3.8, 4) is 17.2 Å². The highest BCUT2D eigenvalue weighted by Crippen LogP contribution is 2.39. The predicted molar refractivity (Wildman–Crippen MR) is 68.7 cm³/mol. The largest absolute Gasteiger partial charge is 0.508 e. The second-order valence-electron chi connectivity index (χ2n) is 4.36. The van der Waals surface area contributed by atoms with Crippen LogP contribution in [-0.4, -0.2) is 27.4 Å². The van der Waals surface area contributed by atoms with Crippen molar-refractivity contribution in [3.63, 3.8) is 0 Å². The summed E-state index contributed by atoms with van der Waals surface area (Å²) in [7, 11) is 0. The number of carbonyl (C=O) groups excluding carboxylic acids is 2. The standard InChI is InChI=1S/C14H12O5/c1-7(16)2-8-3-9-4-10(17)5-12(18)13(9)14(19)11(8)6-15/h3-6,17-19H,2H2,1H3. The van der Waals surface area contributed by atoms with Crippen LogP contribution in [0.3, 0.4) is 0 Å². The van der Waals surface area contributed by atoms with Crippen LogP contribution in [0, 0.1) is 0 Å². The number of carbonyl (C=O) groups is 2. The third kappa shape index (κ3) is 2.22. The molecule has 0 atom stereocenters. The van der Waals surface area contributed by atoms with Crippen molar-refractivity contribution in [2.45, 2.75) is 13.3 Å². The zero-order chi connectivity index (χ0) is 14.2. The molecule has 5 heteroatoms. The summed E-state index contributed by atoms with van der Waals surface area (Å²) in [5, 5.41) is 29.6. The van der Waals surface area contributed by atoms with E-state index in [0.717, 1.165) is 6.07 Å². The molecular formula is C14H12O5. The molecule has 0 saturated carbocycles. The summed E-state index contributed by atoms with van der Waals surface area (Å²) in [5.41, 5.74) is 0.334. The molecular weight excluding hydrogens is 248 g/mol. The number of rotatable bonds is 3. The average Bonchev–Trinajstić information content (AvgIpc) is 2.26. The summed E-state index contributed by atoms with van der Waals surface area (Å²) in [6.07, 6.45) is 0.438. The lowest BCUT2D eigenvalue weighted by molar-refractivity contribution is -0.116. The smallest absolute Gasteiger partial charge is 0.154 e. The topological polar surface area (TPSA) is 94.8 Å². The van der Waals surface area contributed by atoms with Gasteiger partial charge in [-0.05, 0) is 30.0 Å². The number of benzene rings is 2. The Hall–Kier alpha value is -2.56. The van der Waals surface area contributed by atoms with Crippen LogP contribution >= 0.6 is 0 Å². The van der Waals surface area contributed by atoms with Gasteiger partial charge >= 0.3 is 0 Å². The van der Waals surface area contributed by atoms with Gasteiger partial charge in [0.1, 0.15) is 23.0 Å². The second-order valence-corrected chi connectivity index (χ2v) is 4.36. The van der Waals surface area contributed by atoms with E-state index in [1.54, 1.807) is 0 Å². The second kappa shape index (κ2) is 4.61. The lowest BCUT2D eigenvalue weighted by Crippen LogP contribution is -2.01. The van der Waals surface area contributed by atoms with Gasteiger partial charge in [-0.15, -0.1) is 0 Å². The van der Waals surface area contributed by atoms with Crippen molar-refractivity contribution in [1.29, 1.82) is 0 Å². The van der Waals surface area contributed by atoms with Crippen molar-refractivity contribution in [2.24, 2.45) is 0 Å². The highest BCUT2D eigenvalue weighted by Gasteiger charge is 2.16. The maximum atomic E-state index is 11.2. The molecule has 2 rings (SSSR count). The van der Waals surface area contributed by atoms with Gasteiger partial charge in [0.05, 0.1) is 10.9 Å². The summed E-state index contributed by atoms with van der Waals surface area (Å²) in [4.78, 5) is 22.2. The molecule has 0 amide bonds. The zero-order valence-electron chi connectivity index (χ0n) is 10.2. The van der Waals surface area contributed by atoms with Crippen LogP contribution in [0.1, 0.15) is 22.8 Å². The Morgan fingerprint density at radius 3 is 2.47 bits per heavy atom. The van der Waals surface area contributed by atoms with Crippen LogP contribution < -0.4 is 0 Å². The normalized spacial score (nSPS) is 10.6. The van der Waals surface area contributed by atoms with Crippen molar-refractivity contribution in [2.75, 3.05) is 0 Å². The van der Waals surface area contributed by atoms with E-state index in [1.165, 1.54) is 19.1 Å². The molecule has 98 valence electrons. The van der Waals surface area contributed by atoms with Gasteiger partial charge in [0.2, 0.25) is 0 Å². The highest BCUT2D eigenvalue weighted by atomic mass is 16.3. The molecule has 3 N–H and O–H groups in total. The van der Waals surface area contributed by atoms with Gasteiger partial charge in [-0.3, -0.25) is 9.59 Å². The molecule has 0 aliphatic carbocycles. The highest BCUT2D eigenvalue weighted by molar-refractivity contribution is 6.02. The average molecular weight is 260 g/mol. The van der Waals surface area contributed by atoms with E-state index in [9.17, 15) is 24.9 Å². The lowest BCUT2D eigenvalue weighted by Gasteiger charge is -2.11. The summed E-state index contributed by atoms with van der Waals surface area (Å²) in [6, 6.07) is 3.91. The molecule has 0 unspecified atom stereocenters. The SMILES string of the molecule is CC(=O)Cc1cc2cc(O)cc(O)c2c(O)c1C=O. The van der Waals surface area contributed by atoms with Gasteiger partial charge in [0, 0.05) is 12.5 Å². The fourth-order valence-corrected chi connectivity index (χ4v) is 2.10. The zero-order valence-corrected chi connectivity index (χ0v) is 10.2. The molecule has 0 aliphatic heterocycles. The van der Waals surface area contributed by atoms with Crippen LogP contribution in [0.25, 0.3) is 10.8 Å². The van der Waals surface area contributed by atoms with Crippen LogP contribution in [0.15, 0.2) is 18.2 Å². The van der Waals surface area contributed by atoms with Crippen LogP contribution in [0.4, 0.5) is 0 Å². The van der Waals surface area contributed by atoms with Gasteiger partial charge in [-0.2, -0.15) is 0 Å². The van der Waals surface area contributed by atoms with Gasteiger partial charge < -0.3 is 15.3 Å². The molecule has 5 nitrogen and oxygen atoms in total. The predicted octanol–water partition coefficient (Wildman–Crippen LogP) is 1.90. The molecule has 0 heterocycles. The number of Topliss-reactive ketones (excluding diaryl/α,β-unsaturated/α-hetero) is 1. The van der Waals surface area contributed by atoms with Crippen molar-refractivity contribution < 1.29 is 24.9 Å². The fraction of sp³-hybridized carbons (Fsp3) is 0.143. The number of aldehydes is 1.